The molecule has 0 atom stereocenters. The van der Waals surface area contributed by atoms with Crippen molar-refractivity contribution in [2.24, 2.45) is 0 Å². The third-order valence-electron chi connectivity index (χ3n) is 6.03. The fourth-order valence-electron chi connectivity index (χ4n) is 4.25. The van der Waals surface area contributed by atoms with Gasteiger partial charge in [0, 0.05) is 30.4 Å². The van der Waals surface area contributed by atoms with Crippen molar-refractivity contribution in [1.29, 1.82) is 0 Å². The van der Waals surface area contributed by atoms with Gasteiger partial charge in [0.25, 0.3) is 11.1 Å². The third-order valence-corrected chi connectivity index (χ3v) is 6.85. The molecule has 1 saturated carbocycles. The number of carbonyl (C=O) groups excluding carboxylic acids is 2. The molecule has 0 radical (unpaired) electrons. The minimum Gasteiger partial charge on any atom is -0.472 e. The number of anilines is 1. The summed E-state index contributed by atoms with van der Waals surface area (Å²) in [5.74, 6) is 0.152. The zero-order chi connectivity index (χ0) is 23.3. The molecular formula is C25H25N5O3S. The van der Waals surface area contributed by atoms with Gasteiger partial charge in [0.2, 0.25) is 5.95 Å². The number of benzene rings is 1. The van der Waals surface area contributed by atoms with Gasteiger partial charge in [0.05, 0.1) is 23.1 Å². The molecule has 8 nitrogen and oxygen atoms in total. The highest BCUT2D eigenvalue weighted by Crippen LogP contribution is 2.26. The first-order chi connectivity index (χ1) is 16.6. The maximum atomic E-state index is 11.7. The van der Waals surface area contributed by atoms with Crippen molar-refractivity contribution in [2.75, 3.05) is 5.32 Å². The van der Waals surface area contributed by atoms with Gasteiger partial charge in [0.15, 0.2) is 0 Å². The molecule has 9 heteroatoms. The molecular weight excluding hydrogens is 450 g/mol. The highest BCUT2D eigenvalue weighted by Gasteiger charge is 2.25. The summed E-state index contributed by atoms with van der Waals surface area (Å²) in [7, 11) is 0. The van der Waals surface area contributed by atoms with Crippen molar-refractivity contribution in [3.63, 3.8) is 0 Å². The first-order valence-electron chi connectivity index (χ1n) is 11.3. The van der Waals surface area contributed by atoms with Crippen molar-refractivity contribution < 1.29 is 14.0 Å². The van der Waals surface area contributed by atoms with E-state index in [1.54, 1.807) is 30.9 Å². The van der Waals surface area contributed by atoms with Crippen LogP contribution in [-0.4, -0.2) is 33.2 Å². The summed E-state index contributed by atoms with van der Waals surface area (Å²) in [6, 6.07) is 13.0. The predicted octanol–water partition coefficient (Wildman–Crippen LogP) is 4.57. The van der Waals surface area contributed by atoms with Crippen molar-refractivity contribution in [3.05, 3.63) is 71.3 Å². The van der Waals surface area contributed by atoms with E-state index >= 15 is 0 Å². The number of imide groups is 1. The molecule has 2 aliphatic rings. The molecule has 0 spiro atoms. The van der Waals surface area contributed by atoms with E-state index in [2.05, 4.69) is 50.2 Å². The van der Waals surface area contributed by atoms with E-state index in [-0.39, 0.29) is 11.1 Å². The first kappa shape index (κ1) is 22.4. The molecule has 3 N–H and O–H groups in total. The Labute approximate surface area is 201 Å². The van der Waals surface area contributed by atoms with Gasteiger partial charge in [-0.05, 0) is 72.8 Å². The molecule has 3 heterocycles. The number of carbonyl (C=O) groups is 2. The van der Waals surface area contributed by atoms with Crippen molar-refractivity contribution in [1.82, 2.24) is 20.6 Å². The predicted molar refractivity (Wildman–Crippen MR) is 132 cm³/mol. The minimum atomic E-state index is -0.387. The lowest BCUT2D eigenvalue weighted by Crippen LogP contribution is -2.36. The standard InChI is InChI=1S/C25H25N5O3S/c31-23-22(34-25(32)30-23)13-21-8-10-26-24(29-21)28-20-6-4-19(5-7-20)27-14-16-2-1-3-17(12-16)18-9-11-33-15-18/h1-3,8-13,15,19-20,27H,4-7,14H2,(H,26,28,29)(H,30,31,32)/b22-13-. The van der Waals surface area contributed by atoms with Crippen LogP contribution in [0.2, 0.25) is 0 Å². The Kier molecular flexibility index (Phi) is 6.73. The fraction of sp³-hybridized carbons (Fsp3) is 0.280. The fourth-order valence-corrected chi connectivity index (χ4v) is 4.92. The van der Waals surface area contributed by atoms with Crippen LogP contribution < -0.4 is 16.0 Å². The lowest BCUT2D eigenvalue weighted by molar-refractivity contribution is -0.115. The van der Waals surface area contributed by atoms with Crippen LogP contribution in [-0.2, 0) is 11.3 Å². The van der Waals surface area contributed by atoms with E-state index in [1.165, 1.54) is 5.56 Å². The molecule has 3 aromatic rings. The number of nitrogens with one attached hydrogen (secondary N) is 3. The SMILES string of the molecule is O=C1NC(=O)/C(=C/c2ccnc(NC3CCC(NCc4cccc(-c5ccoc5)c4)CC3)n2)S1. The second-order valence-electron chi connectivity index (χ2n) is 8.44. The van der Waals surface area contributed by atoms with E-state index < -0.39 is 0 Å². The van der Waals surface area contributed by atoms with Crippen LogP contribution in [0.3, 0.4) is 0 Å². The zero-order valence-corrected chi connectivity index (χ0v) is 19.3. The van der Waals surface area contributed by atoms with Crippen LogP contribution in [0.15, 0.2) is 64.4 Å². The van der Waals surface area contributed by atoms with E-state index in [9.17, 15) is 9.59 Å². The van der Waals surface area contributed by atoms with Crippen molar-refractivity contribution in [2.45, 2.75) is 44.3 Å². The Hall–Kier alpha value is -3.43. The van der Waals surface area contributed by atoms with Crippen molar-refractivity contribution >= 4 is 34.9 Å². The smallest absolute Gasteiger partial charge is 0.290 e. The van der Waals surface area contributed by atoms with Crippen LogP contribution in [0.5, 0.6) is 0 Å². The summed E-state index contributed by atoms with van der Waals surface area (Å²) >= 11 is 0.883. The second kappa shape index (κ2) is 10.2. The van der Waals surface area contributed by atoms with Gasteiger partial charge in [-0.25, -0.2) is 9.97 Å². The van der Waals surface area contributed by atoms with Gasteiger partial charge in [-0.3, -0.25) is 14.9 Å². The summed E-state index contributed by atoms with van der Waals surface area (Å²) in [4.78, 5) is 32.2. The Bertz CT molecular complexity index is 1200. The Balaban J connectivity index is 1.11. The number of rotatable bonds is 7. The number of hydrogen-bond donors (Lipinski definition) is 3. The summed E-state index contributed by atoms with van der Waals surface area (Å²) in [6.45, 7) is 0.836. The largest absolute Gasteiger partial charge is 0.472 e. The zero-order valence-electron chi connectivity index (χ0n) is 18.5. The molecule has 2 amide bonds. The van der Waals surface area contributed by atoms with Crippen LogP contribution in [0.1, 0.15) is 36.9 Å². The maximum absolute atomic E-state index is 11.7. The molecule has 0 unspecified atom stereocenters. The Morgan fingerprint density at radius 3 is 2.71 bits per heavy atom. The van der Waals surface area contributed by atoms with Gasteiger partial charge in [-0.2, -0.15) is 0 Å². The second-order valence-corrected chi connectivity index (χ2v) is 9.46. The minimum absolute atomic E-state index is 0.302. The van der Waals surface area contributed by atoms with Crippen LogP contribution in [0, 0.1) is 0 Å². The topological polar surface area (TPSA) is 109 Å². The van der Waals surface area contributed by atoms with Gasteiger partial charge >= 0.3 is 0 Å². The number of amides is 2. The summed E-state index contributed by atoms with van der Waals surface area (Å²) in [5, 5.41) is 9.00. The number of thioether (sulfide) groups is 1. The van der Waals surface area contributed by atoms with E-state index in [0.717, 1.165) is 55.1 Å². The number of nitrogens with zero attached hydrogens (tertiary/aromatic N) is 2. The van der Waals surface area contributed by atoms with E-state index in [4.69, 9.17) is 4.42 Å². The van der Waals surface area contributed by atoms with Gasteiger partial charge in [-0.15, -0.1) is 0 Å². The summed E-state index contributed by atoms with van der Waals surface area (Å²) in [5.41, 5.74) is 4.11. The molecule has 1 aromatic carbocycles. The van der Waals surface area contributed by atoms with E-state index in [1.807, 2.05) is 6.07 Å². The number of furan rings is 1. The molecule has 0 bridgehead atoms. The molecule has 1 aliphatic heterocycles. The Morgan fingerprint density at radius 2 is 1.94 bits per heavy atom. The lowest BCUT2D eigenvalue weighted by atomic mass is 9.91. The highest BCUT2D eigenvalue weighted by atomic mass is 32.2. The number of aromatic nitrogens is 2. The molecule has 34 heavy (non-hydrogen) atoms. The van der Waals surface area contributed by atoms with Crippen molar-refractivity contribution in [3.8, 4) is 11.1 Å². The first-order valence-corrected chi connectivity index (χ1v) is 12.1. The van der Waals surface area contributed by atoms with Gasteiger partial charge in [-0.1, -0.05) is 18.2 Å². The molecule has 1 aliphatic carbocycles. The quantitative estimate of drug-likeness (QED) is 0.426. The lowest BCUT2D eigenvalue weighted by Gasteiger charge is -2.30. The monoisotopic (exact) mass is 475 g/mol. The van der Waals surface area contributed by atoms with Crippen LogP contribution in [0.25, 0.3) is 17.2 Å². The van der Waals surface area contributed by atoms with Gasteiger partial charge < -0.3 is 15.1 Å². The molecule has 2 fully saturated rings. The van der Waals surface area contributed by atoms with Gasteiger partial charge in [0.1, 0.15) is 0 Å². The maximum Gasteiger partial charge on any atom is 0.290 e. The molecule has 2 aromatic heterocycles. The third kappa shape index (κ3) is 5.55. The van der Waals surface area contributed by atoms with E-state index in [0.29, 0.717) is 28.6 Å². The average Bonchev–Trinajstić information content (AvgIpc) is 3.49. The average molecular weight is 476 g/mol. The molecule has 174 valence electrons. The normalized spacial score (nSPS) is 21.6. The molecule has 1 saturated heterocycles. The number of hydrogen-bond acceptors (Lipinski definition) is 8. The van der Waals surface area contributed by atoms with Crippen LogP contribution in [0.4, 0.5) is 10.7 Å². The molecule has 5 rings (SSSR count). The summed E-state index contributed by atoms with van der Waals surface area (Å²) in [6.07, 6.45) is 10.9. The Morgan fingerprint density at radius 1 is 1.09 bits per heavy atom. The summed E-state index contributed by atoms with van der Waals surface area (Å²) < 4.78 is 5.20. The van der Waals surface area contributed by atoms with Crippen LogP contribution >= 0.6 is 11.8 Å². The highest BCUT2D eigenvalue weighted by molar-refractivity contribution is 8.18.